The average Bonchev–Trinajstić information content (AvgIpc) is 2.47. The van der Waals surface area contributed by atoms with E-state index in [1.165, 1.54) is 19.2 Å². The van der Waals surface area contributed by atoms with E-state index in [2.05, 4.69) is 19.6 Å². The Kier molecular flexibility index (Phi) is 6.91. The third-order valence-corrected chi connectivity index (χ3v) is 2.24. The summed E-state index contributed by atoms with van der Waals surface area (Å²) in [7, 11) is 1.47. The van der Waals surface area contributed by atoms with Crippen molar-refractivity contribution in [2.75, 3.05) is 13.7 Å². The van der Waals surface area contributed by atoms with Crippen LogP contribution in [-0.2, 0) is 19.6 Å². The number of unbranched alkanes of at least 4 members (excludes halogenated alkanes) is 1. The molecule has 0 N–H and O–H groups in total. The minimum atomic E-state index is -1.07. The van der Waals surface area contributed by atoms with Crippen LogP contribution in [0.25, 0.3) is 0 Å². The third kappa shape index (κ3) is 5.57. The fourth-order valence-corrected chi connectivity index (χ4v) is 1.20. The van der Waals surface area contributed by atoms with Gasteiger partial charge in [-0.25, -0.2) is 14.5 Å². The molecule has 1 rings (SSSR count). The fraction of sp³-hybridized carbons (Fsp3) is 0.385. The van der Waals surface area contributed by atoms with Crippen molar-refractivity contribution in [2.45, 2.75) is 19.8 Å². The molecule has 0 bridgehead atoms. The molecule has 0 radical (unpaired) electrons. The highest BCUT2D eigenvalue weighted by molar-refractivity contribution is 5.89. The van der Waals surface area contributed by atoms with Gasteiger partial charge in [0.25, 0.3) is 0 Å². The van der Waals surface area contributed by atoms with Crippen LogP contribution in [0.5, 0.6) is 5.75 Å². The Hall–Kier alpha value is -2.28. The van der Waals surface area contributed by atoms with Crippen molar-refractivity contribution in [3.05, 3.63) is 29.8 Å². The van der Waals surface area contributed by atoms with Crippen LogP contribution >= 0.6 is 0 Å². The molecule has 7 nitrogen and oxygen atoms in total. The Morgan fingerprint density at radius 1 is 1.20 bits per heavy atom. The summed E-state index contributed by atoms with van der Waals surface area (Å²) in [5, 5.41) is 4.05. The van der Waals surface area contributed by atoms with E-state index in [0.717, 1.165) is 6.42 Å². The van der Waals surface area contributed by atoms with Crippen LogP contribution in [0, 0.1) is 0 Å². The smallest absolute Gasteiger partial charge is 0.497 e. The van der Waals surface area contributed by atoms with E-state index in [1.807, 2.05) is 6.92 Å². The van der Waals surface area contributed by atoms with E-state index in [0.29, 0.717) is 12.2 Å². The van der Waals surface area contributed by atoms with Gasteiger partial charge in [0.2, 0.25) is 0 Å². The monoisotopic (exact) mass is 284 g/mol. The van der Waals surface area contributed by atoms with E-state index < -0.39 is 12.1 Å². The summed E-state index contributed by atoms with van der Waals surface area (Å²) >= 11 is 0. The Bertz CT molecular complexity index is 444. The Morgan fingerprint density at radius 3 is 2.70 bits per heavy atom. The topological polar surface area (TPSA) is 80.3 Å². The molecule has 1 aromatic rings. The van der Waals surface area contributed by atoms with Crippen molar-refractivity contribution < 1.29 is 33.9 Å². The summed E-state index contributed by atoms with van der Waals surface area (Å²) in [6.45, 7) is 2.16. The van der Waals surface area contributed by atoms with Gasteiger partial charge >= 0.3 is 12.1 Å². The highest BCUT2D eigenvalue weighted by Crippen LogP contribution is 2.13. The van der Waals surface area contributed by atoms with Gasteiger partial charge in [0, 0.05) is 0 Å². The minimum Gasteiger partial charge on any atom is -0.497 e. The molecule has 20 heavy (non-hydrogen) atoms. The zero-order chi connectivity index (χ0) is 14.8. The lowest BCUT2D eigenvalue weighted by Gasteiger charge is -2.04. The third-order valence-electron chi connectivity index (χ3n) is 2.24. The number of carbonyl (C=O) groups excluding carboxylic acids is 2. The number of ether oxygens (including phenoxy) is 2. The highest BCUT2D eigenvalue weighted by atomic mass is 17.5. The molecule has 1 aromatic carbocycles. The summed E-state index contributed by atoms with van der Waals surface area (Å²) in [4.78, 5) is 30.9. The molecule has 0 fully saturated rings. The molecule has 0 aromatic heterocycles. The Balaban J connectivity index is 2.30. The van der Waals surface area contributed by atoms with E-state index in [4.69, 9.17) is 4.74 Å². The largest absolute Gasteiger partial charge is 0.543 e. The van der Waals surface area contributed by atoms with Gasteiger partial charge in [-0.2, -0.15) is 0 Å². The number of hydrogen-bond acceptors (Lipinski definition) is 7. The van der Waals surface area contributed by atoms with E-state index in [-0.39, 0.29) is 12.2 Å². The van der Waals surface area contributed by atoms with Crippen molar-refractivity contribution in [1.82, 2.24) is 0 Å². The number of benzene rings is 1. The maximum Gasteiger partial charge on any atom is 0.543 e. The quantitative estimate of drug-likeness (QED) is 0.329. The van der Waals surface area contributed by atoms with Crippen LogP contribution in [0.15, 0.2) is 24.3 Å². The summed E-state index contributed by atoms with van der Waals surface area (Å²) in [6, 6.07) is 6.22. The van der Waals surface area contributed by atoms with Gasteiger partial charge in [0.05, 0.1) is 24.3 Å². The molecule has 0 spiro atoms. The lowest BCUT2D eigenvalue weighted by molar-refractivity contribution is -0.452. The average molecular weight is 284 g/mol. The van der Waals surface area contributed by atoms with Crippen LogP contribution in [-0.4, -0.2) is 25.8 Å². The molecule has 0 atom stereocenters. The number of hydrogen-bond donors (Lipinski definition) is 0. The summed E-state index contributed by atoms with van der Waals surface area (Å²) in [6.07, 6.45) is 0.509. The minimum absolute atomic E-state index is 0.187. The standard InChI is InChI=1S/C13H16O7/c1-3-4-8-17-13(15)19-20-18-12(14)10-6-5-7-11(9-10)16-2/h5-7,9H,3-4,8H2,1-2H3. The van der Waals surface area contributed by atoms with Gasteiger partial charge in [-0.3, -0.25) is 4.89 Å². The van der Waals surface area contributed by atoms with Crippen molar-refractivity contribution in [2.24, 2.45) is 0 Å². The van der Waals surface area contributed by atoms with Crippen LogP contribution in [0.2, 0.25) is 0 Å². The summed E-state index contributed by atoms with van der Waals surface area (Å²) in [5.74, 6) is -0.343. The molecule has 7 heteroatoms. The number of carbonyl (C=O) groups is 2. The molecule has 0 aliphatic carbocycles. The highest BCUT2D eigenvalue weighted by Gasteiger charge is 2.12. The molecule has 0 aliphatic rings. The van der Waals surface area contributed by atoms with Crippen molar-refractivity contribution in [3.8, 4) is 5.75 Å². The second kappa shape index (κ2) is 8.76. The van der Waals surface area contributed by atoms with E-state index in [9.17, 15) is 9.59 Å². The molecular formula is C13H16O7. The first-order valence-electron chi connectivity index (χ1n) is 6.03. The first kappa shape index (κ1) is 15.8. The van der Waals surface area contributed by atoms with Crippen LogP contribution in [0.3, 0.4) is 0 Å². The molecule has 0 saturated carbocycles. The van der Waals surface area contributed by atoms with Crippen LogP contribution < -0.4 is 4.74 Å². The normalized spacial score (nSPS) is 9.70. The molecule has 0 saturated heterocycles. The van der Waals surface area contributed by atoms with E-state index >= 15 is 0 Å². The molecule has 110 valence electrons. The van der Waals surface area contributed by atoms with Gasteiger partial charge in [-0.1, -0.05) is 19.4 Å². The molecule has 0 amide bonds. The summed E-state index contributed by atoms with van der Waals surface area (Å²) < 4.78 is 9.56. The first-order chi connectivity index (χ1) is 9.67. The van der Waals surface area contributed by atoms with Crippen molar-refractivity contribution in [3.63, 3.8) is 0 Å². The SMILES string of the molecule is CCCCOC(=O)OOOC(=O)c1cccc(OC)c1. The van der Waals surface area contributed by atoms with Gasteiger partial charge in [0.1, 0.15) is 5.75 Å². The van der Waals surface area contributed by atoms with Gasteiger partial charge in [0.15, 0.2) is 0 Å². The predicted molar refractivity (Wildman–Crippen MR) is 66.8 cm³/mol. The summed E-state index contributed by atoms with van der Waals surface area (Å²) in [5.41, 5.74) is 0.187. The number of rotatable bonds is 7. The second-order valence-electron chi connectivity index (χ2n) is 3.71. The predicted octanol–water partition coefficient (Wildman–Crippen LogP) is 2.65. The molecule has 0 unspecified atom stereocenters. The Labute approximate surface area is 116 Å². The lowest BCUT2D eigenvalue weighted by atomic mass is 10.2. The maximum absolute atomic E-state index is 11.5. The first-order valence-corrected chi connectivity index (χ1v) is 6.03. The molecule has 0 heterocycles. The molecule has 0 aliphatic heterocycles. The van der Waals surface area contributed by atoms with Gasteiger partial charge in [-0.05, 0) is 24.6 Å². The lowest BCUT2D eigenvalue weighted by Crippen LogP contribution is -2.12. The van der Waals surface area contributed by atoms with Gasteiger partial charge in [-0.15, -0.1) is 0 Å². The zero-order valence-corrected chi connectivity index (χ0v) is 11.3. The second-order valence-corrected chi connectivity index (χ2v) is 3.71. The van der Waals surface area contributed by atoms with Crippen LogP contribution in [0.1, 0.15) is 30.1 Å². The molecular weight excluding hydrogens is 268 g/mol. The maximum atomic E-state index is 11.5. The zero-order valence-electron chi connectivity index (χ0n) is 11.3. The van der Waals surface area contributed by atoms with Crippen LogP contribution in [0.4, 0.5) is 4.79 Å². The number of methoxy groups -OCH3 is 1. The Morgan fingerprint density at radius 2 is 2.00 bits per heavy atom. The van der Waals surface area contributed by atoms with E-state index in [1.54, 1.807) is 12.1 Å². The fourth-order valence-electron chi connectivity index (χ4n) is 1.20. The van der Waals surface area contributed by atoms with Crippen molar-refractivity contribution in [1.29, 1.82) is 0 Å². The van der Waals surface area contributed by atoms with Crippen molar-refractivity contribution >= 4 is 12.1 Å². The van der Waals surface area contributed by atoms with Gasteiger partial charge < -0.3 is 9.47 Å².